The monoisotopic (exact) mass is 432 g/mol. The maximum absolute atomic E-state index is 11.8. The van der Waals surface area contributed by atoms with Crippen LogP contribution >= 0.6 is 0 Å². The number of non-ortho nitro benzene ring substituents is 2. The van der Waals surface area contributed by atoms with E-state index in [4.69, 9.17) is 4.99 Å². The average Bonchev–Trinajstić information content (AvgIpc) is 3.07. The van der Waals surface area contributed by atoms with Crippen molar-refractivity contribution in [1.82, 2.24) is 0 Å². The van der Waals surface area contributed by atoms with Crippen molar-refractivity contribution < 1.29 is 14.8 Å². The van der Waals surface area contributed by atoms with Crippen molar-refractivity contribution in [1.29, 1.82) is 0 Å². The lowest BCUT2D eigenvalue weighted by atomic mass is 10.0. The smallest absolute Gasteiger partial charge is 0.258 e. The predicted molar refractivity (Wildman–Crippen MR) is 118 cm³/mol. The van der Waals surface area contributed by atoms with Gasteiger partial charge in [0.1, 0.15) is 0 Å². The van der Waals surface area contributed by atoms with Crippen molar-refractivity contribution in [2.75, 3.05) is 0 Å². The van der Waals surface area contributed by atoms with E-state index in [0.29, 0.717) is 23.2 Å². The third-order valence-corrected chi connectivity index (χ3v) is 5.43. The lowest BCUT2D eigenvalue weighted by Crippen LogP contribution is -2.02. The lowest BCUT2D eigenvalue weighted by molar-refractivity contribution is -0.393. The van der Waals surface area contributed by atoms with Gasteiger partial charge in [-0.25, -0.2) is 4.99 Å². The Hall–Kier alpha value is -4.47. The number of para-hydroxylation sites is 1. The van der Waals surface area contributed by atoms with Crippen molar-refractivity contribution in [2.24, 2.45) is 4.99 Å². The second-order valence-electron chi connectivity index (χ2n) is 7.29. The van der Waals surface area contributed by atoms with Crippen LogP contribution in [0.25, 0.3) is 11.1 Å². The largest absolute Gasteiger partial charge is 0.284 e. The minimum atomic E-state index is -0.707. The molecule has 0 spiro atoms. The van der Waals surface area contributed by atoms with Gasteiger partial charge < -0.3 is 0 Å². The first-order valence-corrected chi connectivity index (χ1v) is 9.66. The fraction of sp³-hybridized carbons (Fsp3) is 0.136. The molecule has 0 saturated carbocycles. The number of hydrogen-bond acceptors (Lipinski definition) is 7. The summed E-state index contributed by atoms with van der Waals surface area (Å²) in [5.41, 5.74) is 2.57. The molecule has 0 saturated heterocycles. The van der Waals surface area contributed by atoms with Crippen LogP contribution in [0.2, 0.25) is 0 Å². The molecule has 0 N–H and O–H groups in total. The summed E-state index contributed by atoms with van der Waals surface area (Å²) in [4.78, 5) is 37.4. The normalized spacial score (nSPS) is 13.0. The van der Waals surface area contributed by atoms with Gasteiger partial charge in [-0.1, -0.05) is 25.1 Å². The quantitative estimate of drug-likeness (QED) is 0.304. The van der Waals surface area contributed by atoms with E-state index in [9.17, 15) is 30.3 Å². The Kier molecular flexibility index (Phi) is 4.97. The number of nitro benzene ring substituents is 3. The number of nitrogens with zero attached hydrogens (tertiary/aromatic N) is 4. The Morgan fingerprint density at radius 1 is 0.812 bits per heavy atom. The first-order valence-electron chi connectivity index (χ1n) is 9.66. The van der Waals surface area contributed by atoms with Crippen molar-refractivity contribution in [3.63, 3.8) is 0 Å². The molecule has 10 heteroatoms. The van der Waals surface area contributed by atoms with Gasteiger partial charge >= 0.3 is 0 Å². The highest BCUT2D eigenvalue weighted by atomic mass is 16.6. The molecule has 0 unspecified atom stereocenters. The predicted octanol–water partition coefficient (Wildman–Crippen LogP) is 5.43. The summed E-state index contributed by atoms with van der Waals surface area (Å²) in [6.45, 7) is 3.81. The van der Waals surface area contributed by atoms with E-state index >= 15 is 0 Å². The lowest BCUT2D eigenvalue weighted by Gasteiger charge is -2.09. The van der Waals surface area contributed by atoms with Crippen molar-refractivity contribution in [2.45, 2.75) is 20.3 Å². The summed E-state index contributed by atoms with van der Waals surface area (Å²) < 4.78 is 0. The SMILES string of the molecule is CCc1cccc(C)c1N=C1c2cc([N+](=O)[O-])ccc2-c2c1cc([N+](=O)[O-])cc2[N+](=O)[O-]. The number of fused-ring (bicyclic) bond motifs is 3. The number of aryl methyl sites for hydroxylation is 2. The van der Waals surface area contributed by atoms with Crippen LogP contribution in [-0.4, -0.2) is 20.5 Å². The maximum atomic E-state index is 11.8. The summed E-state index contributed by atoms with van der Waals surface area (Å²) in [6.07, 6.45) is 0.664. The number of benzene rings is 3. The van der Waals surface area contributed by atoms with Gasteiger partial charge in [-0.3, -0.25) is 30.3 Å². The van der Waals surface area contributed by atoms with Crippen LogP contribution in [0.1, 0.15) is 29.2 Å². The number of rotatable bonds is 5. The maximum Gasteiger partial charge on any atom is 0.284 e. The molecule has 1 aliphatic carbocycles. The van der Waals surface area contributed by atoms with Crippen molar-refractivity contribution >= 4 is 28.5 Å². The van der Waals surface area contributed by atoms with E-state index in [2.05, 4.69) is 0 Å². The van der Waals surface area contributed by atoms with E-state index in [-0.39, 0.29) is 22.5 Å². The number of nitro groups is 3. The molecular weight excluding hydrogens is 416 g/mol. The second-order valence-corrected chi connectivity index (χ2v) is 7.29. The molecule has 0 radical (unpaired) electrons. The molecule has 0 aromatic heterocycles. The minimum absolute atomic E-state index is 0.163. The van der Waals surface area contributed by atoms with E-state index in [0.717, 1.165) is 17.2 Å². The van der Waals surface area contributed by atoms with Gasteiger partial charge in [-0.15, -0.1) is 0 Å². The Balaban J connectivity index is 2.13. The van der Waals surface area contributed by atoms with Gasteiger partial charge in [0.25, 0.3) is 17.1 Å². The fourth-order valence-corrected chi connectivity index (χ4v) is 3.93. The van der Waals surface area contributed by atoms with Gasteiger partial charge in [0, 0.05) is 29.3 Å². The van der Waals surface area contributed by atoms with Gasteiger partial charge in [0.15, 0.2) is 0 Å². The molecule has 0 fully saturated rings. The summed E-state index contributed by atoms with van der Waals surface area (Å²) in [5.74, 6) is 0. The van der Waals surface area contributed by atoms with Gasteiger partial charge in [0.2, 0.25) is 0 Å². The van der Waals surface area contributed by atoms with E-state index in [1.54, 1.807) is 0 Å². The molecule has 32 heavy (non-hydrogen) atoms. The Morgan fingerprint density at radius 3 is 2.12 bits per heavy atom. The summed E-state index contributed by atoms with van der Waals surface area (Å²) in [6, 6.07) is 11.7. The Morgan fingerprint density at radius 2 is 1.50 bits per heavy atom. The molecule has 160 valence electrons. The van der Waals surface area contributed by atoms with Crippen LogP contribution in [0.5, 0.6) is 0 Å². The molecule has 1 aliphatic rings. The molecule has 3 aromatic rings. The third kappa shape index (κ3) is 3.27. The van der Waals surface area contributed by atoms with Crippen LogP contribution in [-0.2, 0) is 6.42 Å². The molecule has 0 bridgehead atoms. The first-order chi connectivity index (χ1) is 15.2. The van der Waals surface area contributed by atoms with Crippen molar-refractivity contribution in [3.8, 4) is 11.1 Å². The van der Waals surface area contributed by atoms with Gasteiger partial charge in [0.05, 0.1) is 37.8 Å². The van der Waals surface area contributed by atoms with E-state index < -0.39 is 26.1 Å². The zero-order valence-electron chi connectivity index (χ0n) is 17.1. The minimum Gasteiger partial charge on any atom is -0.258 e. The third-order valence-electron chi connectivity index (χ3n) is 5.43. The molecule has 0 atom stereocenters. The summed E-state index contributed by atoms with van der Waals surface area (Å²) in [5, 5.41) is 34.6. The van der Waals surface area contributed by atoms with Crippen LogP contribution in [0.3, 0.4) is 0 Å². The second kappa shape index (κ2) is 7.65. The zero-order chi connectivity index (χ0) is 23.2. The highest BCUT2D eigenvalue weighted by Crippen LogP contribution is 2.46. The van der Waals surface area contributed by atoms with Crippen LogP contribution in [0, 0.1) is 37.3 Å². The Bertz CT molecular complexity index is 1360. The number of hydrogen-bond donors (Lipinski definition) is 0. The standard InChI is InChI=1S/C22H16N4O6/c1-3-13-6-4-5-12(2)21(13)23-22-17-9-14(24(27)28)7-8-16(17)20-18(22)10-15(25(29)30)11-19(20)26(31)32/h4-11H,3H2,1-2H3. The van der Waals surface area contributed by atoms with Crippen LogP contribution in [0.4, 0.5) is 22.7 Å². The van der Waals surface area contributed by atoms with Gasteiger partial charge in [-0.2, -0.15) is 0 Å². The summed E-state index contributed by atoms with van der Waals surface area (Å²) >= 11 is 0. The fourth-order valence-electron chi connectivity index (χ4n) is 3.93. The average molecular weight is 432 g/mol. The molecule has 0 heterocycles. The van der Waals surface area contributed by atoms with E-state index in [1.807, 2.05) is 32.0 Å². The first kappa shape index (κ1) is 20.8. The van der Waals surface area contributed by atoms with E-state index in [1.165, 1.54) is 24.3 Å². The highest BCUT2D eigenvalue weighted by molar-refractivity contribution is 6.27. The zero-order valence-corrected chi connectivity index (χ0v) is 17.1. The Labute approximate surface area is 181 Å². The molecule has 10 nitrogen and oxygen atoms in total. The van der Waals surface area contributed by atoms with Crippen molar-refractivity contribution in [3.05, 3.63) is 101 Å². The molecule has 0 aliphatic heterocycles. The van der Waals surface area contributed by atoms with Gasteiger partial charge in [-0.05, 0) is 36.1 Å². The van der Waals surface area contributed by atoms with Crippen LogP contribution in [0.15, 0.2) is 53.5 Å². The topological polar surface area (TPSA) is 142 Å². The molecule has 3 aromatic carbocycles. The molecule has 0 amide bonds. The molecule has 4 rings (SSSR count). The number of aliphatic imine (C=N–C) groups is 1. The van der Waals surface area contributed by atoms with Crippen LogP contribution < -0.4 is 0 Å². The molecular formula is C22H16N4O6. The highest BCUT2D eigenvalue weighted by Gasteiger charge is 2.36. The summed E-state index contributed by atoms with van der Waals surface area (Å²) in [7, 11) is 0.